The molecule has 0 aliphatic carbocycles. The summed E-state index contributed by atoms with van der Waals surface area (Å²) < 4.78 is 24.3. The van der Waals surface area contributed by atoms with Gasteiger partial charge in [-0.1, -0.05) is 23.7 Å². The molecule has 0 unspecified atom stereocenters. The summed E-state index contributed by atoms with van der Waals surface area (Å²) in [5.74, 6) is 2.59. The highest BCUT2D eigenvalue weighted by Gasteiger charge is 2.32. The Morgan fingerprint density at radius 2 is 1.69 bits per heavy atom. The first-order valence-electron chi connectivity index (χ1n) is 16.8. The van der Waals surface area contributed by atoms with Gasteiger partial charge in [-0.05, 0) is 71.1 Å². The molecule has 1 aromatic heterocycles. The number of methoxy groups -OCH3 is 1. The standard InChI is InChI=1S/C36H46ClN8O5P/c1-8-32(46)39-27-21-28(41-34-38-23-25(37)33(42-34)40-26-11-9-10-12-31(26)51(6,7)48)30(49-5)22-29(27)44-15-13-24(14-16-44)43-17-19-45(20-18-43)35(47)50-36(2,3)4/h1,9-12,21-24H,13-20H2,2-7H3,(H,39,46)(H2,38,40,41,42). The van der Waals surface area contributed by atoms with E-state index < -0.39 is 18.7 Å². The van der Waals surface area contributed by atoms with Gasteiger partial charge in [-0.3, -0.25) is 9.69 Å². The number of carbonyl (C=O) groups is 2. The van der Waals surface area contributed by atoms with E-state index in [0.717, 1.165) is 44.7 Å². The van der Waals surface area contributed by atoms with Gasteiger partial charge in [-0.15, -0.1) is 6.42 Å². The zero-order valence-corrected chi connectivity index (χ0v) is 31.6. The van der Waals surface area contributed by atoms with Crippen LogP contribution in [0.3, 0.4) is 0 Å². The van der Waals surface area contributed by atoms with Crippen molar-refractivity contribution in [1.29, 1.82) is 0 Å². The van der Waals surface area contributed by atoms with Crippen LogP contribution in [0.4, 0.5) is 39.3 Å². The number of aromatic nitrogens is 2. The van der Waals surface area contributed by atoms with Crippen molar-refractivity contribution in [3.8, 4) is 18.1 Å². The molecule has 5 rings (SSSR count). The van der Waals surface area contributed by atoms with Crippen molar-refractivity contribution < 1.29 is 23.6 Å². The summed E-state index contributed by atoms with van der Waals surface area (Å²) in [5, 5.41) is 10.2. The molecule has 2 amide bonds. The SMILES string of the molecule is C#CC(=O)Nc1cc(Nc2ncc(Cl)c(Nc3ccccc3P(C)(C)=O)n2)c(OC)cc1N1CCC(N2CCN(C(=O)OC(C)(C)C)CC2)CC1. The molecule has 272 valence electrons. The zero-order valence-electron chi connectivity index (χ0n) is 30.0. The summed E-state index contributed by atoms with van der Waals surface area (Å²) >= 11 is 6.47. The van der Waals surface area contributed by atoms with Crippen molar-refractivity contribution in [2.45, 2.75) is 45.3 Å². The van der Waals surface area contributed by atoms with Gasteiger partial charge in [0.25, 0.3) is 5.91 Å². The number of nitrogens with one attached hydrogen (secondary N) is 3. The number of rotatable bonds is 9. The summed E-state index contributed by atoms with van der Waals surface area (Å²) in [6, 6.07) is 11.3. The molecule has 0 atom stereocenters. The van der Waals surface area contributed by atoms with Gasteiger partial charge in [0.2, 0.25) is 5.95 Å². The minimum atomic E-state index is -2.60. The molecule has 15 heteroatoms. The van der Waals surface area contributed by atoms with Crippen molar-refractivity contribution in [2.75, 3.05) is 80.6 Å². The molecule has 13 nitrogen and oxygen atoms in total. The number of piperidine rings is 1. The third-order valence-corrected chi connectivity index (χ3v) is 10.5. The van der Waals surface area contributed by atoms with Crippen molar-refractivity contribution in [2.24, 2.45) is 0 Å². The Hall–Kier alpha value is -4.50. The van der Waals surface area contributed by atoms with Crippen molar-refractivity contribution >= 4 is 70.6 Å². The summed E-state index contributed by atoms with van der Waals surface area (Å²) in [7, 11) is -1.03. The fraction of sp³-hybridized carbons (Fsp3) is 0.444. The lowest BCUT2D eigenvalue weighted by Gasteiger charge is -2.43. The van der Waals surface area contributed by atoms with Gasteiger partial charge >= 0.3 is 6.09 Å². The third kappa shape index (κ3) is 9.64. The average Bonchev–Trinajstić information content (AvgIpc) is 3.09. The normalized spacial score (nSPS) is 15.9. The minimum Gasteiger partial charge on any atom is -0.494 e. The van der Waals surface area contributed by atoms with E-state index in [9.17, 15) is 14.2 Å². The number of piperazine rings is 1. The van der Waals surface area contributed by atoms with Crippen LogP contribution >= 0.6 is 18.7 Å². The Bertz CT molecular complexity index is 1840. The average molecular weight is 737 g/mol. The highest BCUT2D eigenvalue weighted by atomic mass is 35.5. The molecular weight excluding hydrogens is 691 g/mol. The fourth-order valence-corrected chi connectivity index (χ4v) is 7.53. The molecule has 0 bridgehead atoms. The second-order valence-corrected chi connectivity index (χ2v) is 17.5. The number of terminal acetylenes is 1. The summed E-state index contributed by atoms with van der Waals surface area (Å²) in [4.78, 5) is 40.4. The van der Waals surface area contributed by atoms with Crippen LogP contribution in [0.25, 0.3) is 0 Å². The number of amides is 2. The van der Waals surface area contributed by atoms with E-state index in [1.54, 1.807) is 31.4 Å². The van der Waals surface area contributed by atoms with Gasteiger partial charge in [0, 0.05) is 56.7 Å². The maximum atomic E-state index is 12.9. The molecule has 3 aromatic rings. The van der Waals surface area contributed by atoms with E-state index in [2.05, 4.69) is 41.6 Å². The van der Waals surface area contributed by atoms with Gasteiger partial charge in [0.05, 0.1) is 36.1 Å². The van der Waals surface area contributed by atoms with E-state index in [4.69, 9.17) is 27.5 Å². The Morgan fingerprint density at radius 3 is 2.31 bits per heavy atom. The van der Waals surface area contributed by atoms with Crippen LogP contribution in [0, 0.1) is 12.3 Å². The zero-order chi connectivity index (χ0) is 36.9. The summed E-state index contributed by atoms with van der Waals surface area (Å²) in [5.41, 5.74) is 1.88. The van der Waals surface area contributed by atoms with Crippen LogP contribution < -0.4 is 30.9 Å². The molecule has 2 aliphatic rings. The molecule has 0 saturated carbocycles. The van der Waals surface area contributed by atoms with E-state index >= 15 is 0 Å². The number of ether oxygens (including phenoxy) is 2. The van der Waals surface area contributed by atoms with Crippen molar-refractivity contribution in [3.63, 3.8) is 0 Å². The van der Waals surface area contributed by atoms with Gasteiger partial charge in [0.1, 0.15) is 23.5 Å². The largest absolute Gasteiger partial charge is 0.494 e. The molecule has 2 fully saturated rings. The first kappa shape index (κ1) is 37.7. The molecule has 3 heterocycles. The molecule has 2 saturated heterocycles. The number of halogens is 1. The Labute approximate surface area is 304 Å². The minimum absolute atomic E-state index is 0.211. The Morgan fingerprint density at radius 1 is 1.00 bits per heavy atom. The second kappa shape index (κ2) is 15.8. The first-order valence-corrected chi connectivity index (χ1v) is 19.8. The fourth-order valence-electron chi connectivity index (χ4n) is 6.24. The van der Waals surface area contributed by atoms with Crippen LogP contribution in [-0.4, -0.2) is 103 Å². The molecule has 51 heavy (non-hydrogen) atoms. The first-order chi connectivity index (χ1) is 24.1. The molecule has 0 radical (unpaired) electrons. The number of hydrogen-bond donors (Lipinski definition) is 3. The van der Waals surface area contributed by atoms with E-state index in [1.165, 1.54) is 6.20 Å². The topological polar surface area (TPSA) is 141 Å². The van der Waals surface area contributed by atoms with Crippen molar-refractivity contribution in [1.82, 2.24) is 19.8 Å². The number of para-hydroxylation sites is 1. The van der Waals surface area contributed by atoms with Gasteiger partial charge < -0.3 is 39.8 Å². The van der Waals surface area contributed by atoms with E-state index in [1.807, 2.05) is 51.1 Å². The predicted octanol–water partition coefficient (Wildman–Crippen LogP) is 5.97. The number of anilines is 6. The van der Waals surface area contributed by atoms with Gasteiger partial charge in [0.15, 0.2) is 5.82 Å². The Balaban J connectivity index is 1.31. The maximum absolute atomic E-state index is 12.9. The van der Waals surface area contributed by atoms with Crippen LogP contribution in [0.1, 0.15) is 33.6 Å². The Kier molecular flexibility index (Phi) is 11.7. The smallest absolute Gasteiger partial charge is 0.410 e. The molecule has 3 N–H and O–H groups in total. The van der Waals surface area contributed by atoms with Crippen LogP contribution in [0.5, 0.6) is 5.75 Å². The summed E-state index contributed by atoms with van der Waals surface area (Å²) in [6.07, 6.45) is 8.45. The van der Waals surface area contributed by atoms with E-state index in [0.29, 0.717) is 53.1 Å². The number of carbonyl (C=O) groups excluding carboxylic acids is 2. The monoisotopic (exact) mass is 736 g/mol. The highest BCUT2D eigenvalue weighted by Crippen LogP contribution is 2.41. The number of benzene rings is 2. The predicted molar refractivity (Wildman–Crippen MR) is 204 cm³/mol. The molecular formula is C36H46ClN8O5P. The van der Waals surface area contributed by atoms with Crippen LogP contribution in [0.2, 0.25) is 5.02 Å². The number of hydrogen-bond acceptors (Lipinski definition) is 11. The highest BCUT2D eigenvalue weighted by molar-refractivity contribution is 7.70. The lowest BCUT2D eigenvalue weighted by atomic mass is 10.0. The lowest BCUT2D eigenvalue weighted by molar-refractivity contribution is -0.111. The van der Waals surface area contributed by atoms with Crippen molar-refractivity contribution in [3.05, 3.63) is 47.6 Å². The second-order valence-electron chi connectivity index (χ2n) is 13.9. The summed E-state index contributed by atoms with van der Waals surface area (Å²) in [6.45, 7) is 13.4. The van der Waals surface area contributed by atoms with Crippen LogP contribution in [-0.2, 0) is 14.1 Å². The number of nitrogens with zero attached hydrogens (tertiary/aromatic N) is 5. The van der Waals surface area contributed by atoms with Gasteiger partial charge in [-0.2, -0.15) is 4.98 Å². The lowest BCUT2D eigenvalue weighted by Crippen LogP contribution is -2.55. The molecule has 2 aromatic carbocycles. The molecule has 2 aliphatic heterocycles. The molecule has 0 spiro atoms. The van der Waals surface area contributed by atoms with Crippen LogP contribution in [0.15, 0.2) is 42.6 Å². The van der Waals surface area contributed by atoms with E-state index in [-0.39, 0.29) is 17.1 Å². The third-order valence-electron chi connectivity index (χ3n) is 8.71. The quantitative estimate of drug-likeness (QED) is 0.177. The maximum Gasteiger partial charge on any atom is 0.410 e. The van der Waals surface area contributed by atoms with Gasteiger partial charge in [-0.25, -0.2) is 9.78 Å².